The molecule has 0 radical (unpaired) electrons. The van der Waals surface area contributed by atoms with Gasteiger partial charge in [-0.2, -0.15) is 0 Å². The molecule has 1 amide bonds. The molecule has 3 N–H and O–H groups in total. The first-order valence-corrected chi connectivity index (χ1v) is 7.33. The first-order valence-electron chi connectivity index (χ1n) is 7.33. The smallest absolute Gasteiger partial charge is 0.270 e. The monoisotopic (exact) mass is 288 g/mol. The summed E-state index contributed by atoms with van der Waals surface area (Å²) < 4.78 is 0. The van der Waals surface area contributed by atoms with Gasteiger partial charge in [0.05, 0.1) is 0 Å². The Kier molecular flexibility index (Phi) is 4.85. The van der Waals surface area contributed by atoms with Crippen molar-refractivity contribution in [2.45, 2.75) is 13.3 Å². The first-order chi connectivity index (χ1) is 10.0. The fourth-order valence-corrected chi connectivity index (χ4v) is 2.42. The first kappa shape index (κ1) is 15.4. The van der Waals surface area contributed by atoms with Gasteiger partial charge in [0.25, 0.3) is 5.91 Å². The van der Waals surface area contributed by atoms with Crippen molar-refractivity contribution in [3.05, 3.63) is 30.0 Å². The number of carbonyl (C=O) groups excluding carboxylic acids is 1. The Morgan fingerprint density at radius 2 is 2.00 bits per heavy atom. The minimum Gasteiger partial charge on any atom is -0.399 e. The van der Waals surface area contributed by atoms with E-state index in [0.29, 0.717) is 17.9 Å². The van der Waals surface area contributed by atoms with Gasteiger partial charge < -0.3 is 20.5 Å². The number of rotatable bonds is 6. The zero-order valence-corrected chi connectivity index (χ0v) is 13.0. The molecule has 1 aromatic carbocycles. The van der Waals surface area contributed by atoms with Crippen molar-refractivity contribution in [3.63, 3.8) is 0 Å². The van der Waals surface area contributed by atoms with Crippen molar-refractivity contribution in [2.24, 2.45) is 0 Å². The molecule has 5 nitrogen and oxygen atoms in total. The second-order valence-electron chi connectivity index (χ2n) is 5.57. The van der Waals surface area contributed by atoms with Crippen molar-refractivity contribution in [2.75, 3.05) is 39.5 Å². The minimum absolute atomic E-state index is 0.0472. The van der Waals surface area contributed by atoms with E-state index in [1.807, 2.05) is 50.2 Å². The number of anilines is 1. The third kappa shape index (κ3) is 3.76. The maximum atomic E-state index is 12.6. The van der Waals surface area contributed by atoms with Gasteiger partial charge in [0.2, 0.25) is 0 Å². The number of nitrogens with zero attached hydrogens (tertiary/aromatic N) is 2. The van der Waals surface area contributed by atoms with Gasteiger partial charge in [0, 0.05) is 29.7 Å². The summed E-state index contributed by atoms with van der Waals surface area (Å²) >= 11 is 0. The van der Waals surface area contributed by atoms with Gasteiger partial charge in [-0.25, -0.2) is 0 Å². The molecule has 2 rings (SSSR count). The van der Waals surface area contributed by atoms with Crippen LogP contribution >= 0.6 is 0 Å². The van der Waals surface area contributed by atoms with Crippen LogP contribution < -0.4 is 5.73 Å². The number of aromatic amines is 1. The van der Waals surface area contributed by atoms with Crippen LogP contribution in [-0.4, -0.2) is 54.4 Å². The normalized spacial score (nSPS) is 11.2. The highest BCUT2D eigenvalue weighted by Crippen LogP contribution is 2.19. The van der Waals surface area contributed by atoms with E-state index in [1.165, 1.54) is 0 Å². The average Bonchev–Trinajstić information content (AvgIpc) is 2.85. The molecule has 1 heterocycles. The molecule has 21 heavy (non-hydrogen) atoms. The molecule has 0 aliphatic heterocycles. The fourth-order valence-electron chi connectivity index (χ4n) is 2.42. The largest absolute Gasteiger partial charge is 0.399 e. The zero-order chi connectivity index (χ0) is 15.4. The van der Waals surface area contributed by atoms with Crippen LogP contribution in [0.1, 0.15) is 23.8 Å². The van der Waals surface area contributed by atoms with Gasteiger partial charge in [-0.05, 0) is 58.3 Å². The number of hydrogen-bond acceptors (Lipinski definition) is 3. The number of nitrogens with one attached hydrogen (secondary N) is 1. The molecule has 0 unspecified atom stereocenters. The van der Waals surface area contributed by atoms with Gasteiger partial charge >= 0.3 is 0 Å². The van der Waals surface area contributed by atoms with E-state index in [-0.39, 0.29) is 5.91 Å². The summed E-state index contributed by atoms with van der Waals surface area (Å²) in [5.74, 6) is 0.0472. The summed E-state index contributed by atoms with van der Waals surface area (Å²) in [6.45, 7) is 4.47. The highest BCUT2D eigenvalue weighted by atomic mass is 16.2. The lowest BCUT2D eigenvalue weighted by Gasteiger charge is -2.21. The van der Waals surface area contributed by atoms with Crippen LogP contribution in [0.4, 0.5) is 5.69 Å². The third-order valence-corrected chi connectivity index (χ3v) is 3.58. The lowest BCUT2D eigenvalue weighted by molar-refractivity contribution is 0.0754. The molecule has 0 bridgehead atoms. The summed E-state index contributed by atoms with van der Waals surface area (Å²) in [6.07, 6.45) is 0.972. The molecule has 0 fully saturated rings. The maximum absolute atomic E-state index is 12.6. The molecule has 2 aromatic rings. The minimum atomic E-state index is 0.0472. The van der Waals surface area contributed by atoms with Crippen molar-refractivity contribution in [3.8, 4) is 0 Å². The summed E-state index contributed by atoms with van der Waals surface area (Å²) in [7, 11) is 4.08. The number of nitrogens with two attached hydrogens (primary N) is 1. The Labute approximate surface area is 125 Å². The summed E-state index contributed by atoms with van der Waals surface area (Å²) in [4.78, 5) is 19.7. The van der Waals surface area contributed by atoms with Crippen molar-refractivity contribution < 1.29 is 4.79 Å². The summed E-state index contributed by atoms with van der Waals surface area (Å²) in [6, 6.07) is 7.50. The molecule has 0 saturated heterocycles. The number of fused-ring (bicyclic) bond motifs is 1. The average molecular weight is 288 g/mol. The Morgan fingerprint density at radius 3 is 2.67 bits per heavy atom. The van der Waals surface area contributed by atoms with Crippen molar-refractivity contribution >= 4 is 22.5 Å². The van der Waals surface area contributed by atoms with Crippen LogP contribution in [0.2, 0.25) is 0 Å². The quantitative estimate of drug-likeness (QED) is 0.801. The fraction of sp³-hybridized carbons (Fsp3) is 0.438. The molecule has 114 valence electrons. The second kappa shape index (κ2) is 6.63. The highest BCUT2D eigenvalue weighted by Gasteiger charge is 2.16. The second-order valence-corrected chi connectivity index (χ2v) is 5.57. The number of hydrogen-bond donors (Lipinski definition) is 2. The van der Waals surface area contributed by atoms with E-state index in [9.17, 15) is 4.79 Å². The molecule has 1 aromatic heterocycles. The van der Waals surface area contributed by atoms with Crippen LogP contribution in [0, 0.1) is 0 Å². The predicted molar refractivity (Wildman–Crippen MR) is 87.5 cm³/mol. The number of carbonyl (C=O) groups is 1. The Morgan fingerprint density at radius 1 is 1.24 bits per heavy atom. The lowest BCUT2D eigenvalue weighted by atomic mass is 10.2. The van der Waals surface area contributed by atoms with Crippen LogP contribution in [0.15, 0.2) is 24.3 Å². The van der Waals surface area contributed by atoms with Gasteiger partial charge in [-0.1, -0.05) is 0 Å². The number of H-pyrrole nitrogens is 1. The van der Waals surface area contributed by atoms with Gasteiger partial charge in [-0.3, -0.25) is 4.79 Å². The zero-order valence-electron chi connectivity index (χ0n) is 13.0. The SMILES string of the molecule is CCN(CCCN(C)C)C(=O)c1cc2cc(N)ccc2[nH]1. The Bertz CT molecular complexity index is 618. The van der Waals surface area contributed by atoms with Crippen molar-refractivity contribution in [1.29, 1.82) is 0 Å². The number of benzene rings is 1. The van der Waals surface area contributed by atoms with Crippen LogP contribution in [0.25, 0.3) is 10.9 Å². The number of nitrogen functional groups attached to an aromatic ring is 1. The van der Waals surface area contributed by atoms with E-state index in [0.717, 1.165) is 30.4 Å². The van der Waals surface area contributed by atoms with E-state index in [1.54, 1.807) is 0 Å². The van der Waals surface area contributed by atoms with E-state index < -0.39 is 0 Å². The Hall–Kier alpha value is -2.01. The van der Waals surface area contributed by atoms with Gasteiger partial charge in [0.15, 0.2) is 0 Å². The molecular weight excluding hydrogens is 264 g/mol. The number of amides is 1. The molecular formula is C16H24N4O. The van der Waals surface area contributed by atoms with Crippen molar-refractivity contribution in [1.82, 2.24) is 14.8 Å². The van der Waals surface area contributed by atoms with E-state index in [2.05, 4.69) is 9.88 Å². The molecule has 0 spiro atoms. The maximum Gasteiger partial charge on any atom is 0.270 e. The van der Waals surface area contributed by atoms with Crippen LogP contribution in [0.3, 0.4) is 0 Å². The standard InChI is InChI=1S/C16H24N4O/c1-4-20(9-5-8-19(2)3)16(21)15-11-12-10-13(17)6-7-14(12)18-15/h6-7,10-11,18H,4-5,8-9,17H2,1-3H3. The summed E-state index contributed by atoms with van der Waals surface area (Å²) in [5, 5.41) is 0.975. The lowest BCUT2D eigenvalue weighted by Crippen LogP contribution is -2.33. The Balaban J connectivity index is 2.11. The highest BCUT2D eigenvalue weighted by molar-refractivity contribution is 5.98. The van der Waals surface area contributed by atoms with E-state index >= 15 is 0 Å². The molecule has 0 aliphatic carbocycles. The van der Waals surface area contributed by atoms with Gasteiger partial charge in [0.1, 0.15) is 5.69 Å². The predicted octanol–water partition coefficient (Wildman–Crippen LogP) is 2.16. The van der Waals surface area contributed by atoms with Crippen LogP contribution in [0.5, 0.6) is 0 Å². The molecule has 0 atom stereocenters. The molecule has 0 saturated carbocycles. The molecule has 0 aliphatic rings. The van der Waals surface area contributed by atoms with Gasteiger partial charge in [-0.15, -0.1) is 0 Å². The number of aromatic nitrogens is 1. The van der Waals surface area contributed by atoms with E-state index in [4.69, 9.17) is 5.73 Å². The van der Waals surface area contributed by atoms with Crippen LogP contribution in [-0.2, 0) is 0 Å². The third-order valence-electron chi connectivity index (χ3n) is 3.58. The summed E-state index contributed by atoms with van der Waals surface area (Å²) in [5.41, 5.74) is 8.05. The topological polar surface area (TPSA) is 65.4 Å². The molecule has 5 heteroatoms.